The van der Waals surface area contributed by atoms with E-state index in [0.717, 1.165) is 19.3 Å². The van der Waals surface area contributed by atoms with Gasteiger partial charge in [0.2, 0.25) is 11.8 Å². The van der Waals surface area contributed by atoms with Gasteiger partial charge in [-0.1, -0.05) is 136 Å². The molecule has 0 heterocycles. The first-order valence-corrected chi connectivity index (χ1v) is 16.2. The zero-order valence-electron chi connectivity index (χ0n) is 25.8. The third-order valence-electron chi connectivity index (χ3n) is 7.53. The molecule has 0 aromatic carbocycles. The second-order valence-corrected chi connectivity index (χ2v) is 11.7. The minimum absolute atomic E-state index is 0.214. The Morgan fingerprint density at radius 1 is 0.575 bits per heavy atom. The van der Waals surface area contributed by atoms with Crippen LogP contribution >= 0.6 is 0 Å². The lowest BCUT2D eigenvalue weighted by molar-refractivity contribution is -0.143. The highest BCUT2D eigenvalue weighted by Gasteiger charge is 2.28. The molecule has 2 amide bonds. The summed E-state index contributed by atoms with van der Waals surface area (Å²) in [6, 6.07) is -2.17. The monoisotopic (exact) mass is 568 g/mol. The van der Waals surface area contributed by atoms with Gasteiger partial charge in [-0.2, -0.15) is 0 Å². The van der Waals surface area contributed by atoms with Gasteiger partial charge in [-0.05, 0) is 18.8 Å². The van der Waals surface area contributed by atoms with Crippen LogP contribution in [0.15, 0.2) is 0 Å². The minimum Gasteiger partial charge on any atom is -0.481 e. The van der Waals surface area contributed by atoms with Crippen molar-refractivity contribution in [1.29, 1.82) is 0 Å². The molecule has 0 aromatic heterocycles. The maximum atomic E-state index is 12.6. The van der Waals surface area contributed by atoms with Crippen LogP contribution in [0.1, 0.15) is 162 Å². The van der Waals surface area contributed by atoms with E-state index in [1.54, 1.807) is 13.8 Å². The molecule has 0 radical (unpaired) electrons. The fourth-order valence-electron chi connectivity index (χ4n) is 4.93. The fraction of sp³-hybridized carbons (Fsp3) is 0.875. The summed E-state index contributed by atoms with van der Waals surface area (Å²) in [4.78, 5) is 47.1. The van der Waals surface area contributed by atoms with Crippen LogP contribution in [0.2, 0.25) is 0 Å². The van der Waals surface area contributed by atoms with E-state index in [1.807, 2.05) is 0 Å². The van der Waals surface area contributed by atoms with Gasteiger partial charge in [-0.3, -0.25) is 14.4 Å². The number of carboxylic acids is 2. The van der Waals surface area contributed by atoms with Gasteiger partial charge < -0.3 is 20.8 Å². The summed E-state index contributed by atoms with van der Waals surface area (Å²) in [5, 5.41) is 23.1. The second-order valence-electron chi connectivity index (χ2n) is 11.7. The molecule has 0 unspecified atom stereocenters. The van der Waals surface area contributed by atoms with Crippen LogP contribution in [0.5, 0.6) is 0 Å². The third kappa shape index (κ3) is 22.7. The Balaban J connectivity index is 3.81. The normalized spacial score (nSPS) is 12.7. The molecule has 0 bridgehead atoms. The number of carboxylic acid groups (broad SMARTS) is 2. The first-order chi connectivity index (χ1) is 19.2. The smallest absolute Gasteiger partial charge is 0.326 e. The van der Waals surface area contributed by atoms with Crippen LogP contribution in [0, 0.1) is 5.92 Å². The molecule has 0 aromatic rings. The molecule has 8 nitrogen and oxygen atoms in total. The van der Waals surface area contributed by atoms with E-state index in [0.29, 0.717) is 6.42 Å². The van der Waals surface area contributed by atoms with Crippen molar-refractivity contribution in [1.82, 2.24) is 10.6 Å². The zero-order chi connectivity index (χ0) is 30.0. The van der Waals surface area contributed by atoms with E-state index in [2.05, 4.69) is 17.6 Å². The molecular weight excluding hydrogens is 508 g/mol. The highest BCUT2D eigenvalue weighted by Crippen LogP contribution is 2.15. The van der Waals surface area contributed by atoms with Crippen LogP contribution in [-0.4, -0.2) is 46.0 Å². The summed E-state index contributed by atoms with van der Waals surface area (Å²) < 4.78 is 0. The number of hydrogen-bond acceptors (Lipinski definition) is 4. The van der Waals surface area contributed by atoms with Gasteiger partial charge in [0.15, 0.2) is 0 Å². The summed E-state index contributed by atoms with van der Waals surface area (Å²) in [5.74, 6) is -3.48. The summed E-state index contributed by atoms with van der Waals surface area (Å²) >= 11 is 0. The molecule has 234 valence electrons. The first-order valence-electron chi connectivity index (χ1n) is 16.2. The van der Waals surface area contributed by atoms with Crippen molar-refractivity contribution in [3.63, 3.8) is 0 Å². The van der Waals surface area contributed by atoms with E-state index in [9.17, 15) is 24.3 Å². The Morgan fingerprint density at radius 3 is 1.32 bits per heavy atom. The molecular formula is C32H60N2O6. The van der Waals surface area contributed by atoms with E-state index >= 15 is 0 Å². The van der Waals surface area contributed by atoms with E-state index in [1.165, 1.54) is 103 Å². The number of unbranched alkanes of at least 4 members (excludes halogenated alkanes) is 18. The molecule has 0 spiro atoms. The Labute approximate surface area is 243 Å². The molecule has 8 heteroatoms. The van der Waals surface area contributed by atoms with E-state index < -0.39 is 29.9 Å². The summed E-state index contributed by atoms with van der Waals surface area (Å²) in [7, 11) is 0. The predicted octanol–water partition coefficient (Wildman–Crippen LogP) is 7.38. The predicted molar refractivity (Wildman–Crippen MR) is 161 cm³/mol. The van der Waals surface area contributed by atoms with Crippen LogP contribution in [0.3, 0.4) is 0 Å². The molecule has 0 fully saturated rings. The quantitative estimate of drug-likeness (QED) is 0.0728. The van der Waals surface area contributed by atoms with Crippen LogP contribution in [-0.2, 0) is 19.2 Å². The summed E-state index contributed by atoms with van der Waals surface area (Å²) in [6.07, 6.45) is 24.3. The number of amides is 2. The van der Waals surface area contributed by atoms with E-state index in [4.69, 9.17) is 5.11 Å². The molecule has 0 aliphatic carbocycles. The Kier molecular flexibility index (Phi) is 24.5. The molecule has 0 rings (SSSR count). The third-order valence-corrected chi connectivity index (χ3v) is 7.53. The highest BCUT2D eigenvalue weighted by atomic mass is 16.4. The fourth-order valence-corrected chi connectivity index (χ4v) is 4.93. The lowest BCUT2D eigenvalue weighted by Crippen LogP contribution is -2.53. The highest BCUT2D eigenvalue weighted by molar-refractivity contribution is 5.90. The standard InChI is InChI=1S/C32H60N2O6/c1-4-5-6-7-8-9-10-11-12-13-14-15-16-17-18-19-20-21-22-23-28(35)34-30(26(2)3)31(38)33-27(32(39)40)24-25-29(36)37/h26-27,30H,4-25H2,1-3H3,(H,33,38)(H,34,35)(H,36,37)(H,39,40)/t27-,30-/m0/s1. The van der Waals surface area contributed by atoms with Gasteiger partial charge in [-0.25, -0.2) is 4.79 Å². The van der Waals surface area contributed by atoms with Gasteiger partial charge in [0.05, 0.1) is 0 Å². The average Bonchev–Trinajstić information content (AvgIpc) is 2.90. The molecule has 0 aliphatic heterocycles. The maximum Gasteiger partial charge on any atom is 0.326 e. The van der Waals surface area contributed by atoms with Gasteiger partial charge in [0, 0.05) is 12.8 Å². The number of rotatable bonds is 28. The molecule has 0 saturated carbocycles. The molecule has 4 N–H and O–H groups in total. The van der Waals surface area contributed by atoms with Gasteiger partial charge in [0.1, 0.15) is 12.1 Å². The van der Waals surface area contributed by atoms with Gasteiger partial charge in [-0.15, -0.1) is 0 Å². The molecule has 40 heavy (non-hydrogen) atoms. The largest absolute Gasteiger partial charge is 0.481 e. The summed E-state index contributed by atoms with van der Waals surface area (Å²) in [6.45, 7) is 5.81. The number of aliphatic carboxylic acids is 2. The maximum absolute atomic E-state index is 12.6. The van der Waals surface area contributed by atoms with Crippen LogP contribution < -0.4 is 10.6 Å². The number of hydrogen-bond donors (Lipinski definition) is 4. The topological polar surface area (TPSA) is 133 Å². The van der Waals surface area contributed by atoms with Crippen LogP contribution in [0.25, 0.3) is 0 Å². The Bertz CT molecular complexity index is 682. The lowest BCUT2D eigenvalue weighted by Gasteiger charge is -2.24. The van der Waals surface area contributed by atoms with Crippen LogP contribution in [0.4, 0.5) is 0 Å². The molecule has 0 saturated heterocycles. The van der Waals surface area contributed by atoms with Gasteiger partial charge >= 0.3 is 11.9 Å². The van der Waals surface area contributed by atoms with Crippen molar-refractivity contribution in [2.45, 2.75) is 174 Å². The zero-order valence-corrected chi connectivity index (χ0v) is 25.8. The van der Waals surface area contributed by atoms with E-state index in [-0.39, 0.29) is 24.7 Å². The van der Waals surface area contributed by atoms with Crippen molar-refractivity contribution < 1.29 is 29.4 Å². The Morgan fingerprint density at radius 2 is 0.975 bits per heavy atom. The minimum atomic E-state index is -1.30. The molecule has 0 aliphatic rings. The number of carbonyl (C=O) groups excluding carboxylic acids is 2. The van der Waals surface area contributed by atoms with Crippen molar-refractivity contribution >= 4 is 23.8 Å². The first kappa shape index (κ1) is 37.9. The lowest BCUT2D eigenvalue weighted by atomic mass is 10.0. The van der Waals surface area contributed by atoms with Crippen molar-refractivity contribution in [3.8, 4) is 0 Å². The summed E-state index contributed by atoms with van der Waals surface area (Å²) in [5.41, 5.74) is 0. The van der Waals surface area contributed by atoms with Crippen molar-refractivity contribution in [3.05, 3.63) is 0 Å². The number of carbonyl (C=O) groups is 4. The average molecular weight is 569 g/mol. The second kappa shape index (κ2) is 25.8. The molecule has 2 atom stereocenters. The Hall–Kier alpha value is -2.12. The number of nitrogens with one attached hydrogen (secondary N) is 2. The van der Waals surface area contributed by atoms with Gasteiger partial charge in [0.25, 0.3) is 0 Å². The van der Waals surface area contributed by atoms with Crippen molar-refractivity contribution in [2.24, 2.45) is 5.92 Å². The SMILES string of the molecule is CCCCCCCCCCCCCCCCCCCCCC(=O)N[C@H](C(=O)N[C@@H](CCC(=O)O)C(=O)O)C(C)C. The van der Waals surface area contributed by atoms with Crippen molar-refractivity contribution in [2.75, 3.05) is 0 Å².